The summed E-state index contributed by atoms with van der Waals surface area (Å²) in [6.45, 7) is 9.53. The molecule has 1 heterocycles. The van der Waals surface area contributed by atoms with Gasteiger partial charge in [0.1, 0.15) is 0 Å². The monoisotopic (exact) mass is 159 g/mol. The maximum atomic E-state index is 4.31. The standard InChI is InChI=1S/C8H18NP/c1-8(2)7-10(3,4)9-5-6-9/h8H,3,5-7H2,1-2,4H3. The maximum Gasteiger partial charge on any atom is 0.0152 e. The van der Waals surface area contributed by atoms with Crippen molar-refractivity contribution in [2.75, 3.05) is 25.9 Å². The minimum atomic E-state index is -0.876. The number of nitrogens with zero attached hydrogens (tertiary/aromatic N) is 1. The van der Waals surface area contributed by atoms with Crippen LogP contribution in [0.1, 0.15) is 13.8 Å². The number of hydrogen-bond donors (Lipinski definition) is 0. The van der Waals surface area contributed by atoms with Crippen molar-refractivity contribution in [3.05, 3.63) is 0 Å². The van der Waals surface area contributed by atoms with E-state index in [9.17, 15) is 0 Å². The summed E-state index contributed by atoms with van der Waals surface area (Å²) in [5, 5.41) is 0. The van der Waals surface area contributed by atoms with E-state index < -0.39 is 7.04 Å². The molecule has 1 saturated heterocycles. The third kappa shape index (κ3) is 2.14. The third-order valence-electron chi connectivity index (χ3n) is 1.86. The number of hydrogen-bond acceptors (Lipinski definition) is 1. The van der Waals surface area contributed by atoms with Gasteiger partial charge in [0.15, 0.2) is 0 Å². The van der Waals surface area contributed by atoms with Gasteiger partial charge in [-0.25, -0.2) is 0 Å². The van der Waals surface area contributed by atoms with Crippen LogP contribution in [0.4, 0.5) is 0 Å². The molecular formula is C8H18NP. The molecule has 1 fully saturated rings. The first-order valence-corrected chi connectivity index (χ1v) is 6.53. The highest BCUT2D eigenvalue weighted by molar-refractivity contribution is 7.71. The van der Waals surface area contributed by atoms with Crippen molar-refractivity contribution in [2.24, 2.45) is 5.92 Å². The van der Waals surface area contributed by atoms with E-state index in [0.717, 1.165) is 5.92 Å². The van der Waals surface area contributed by atoms with Crippen molar-refractivity contribution in [3.8, 4) is 0 Å². The van der Waals surface area contributed by atoms with Crippen molar-refractivity contribution < 1.29 is 0 Å². The molecule has 0 bridgehead atoms. The average molecular weight is 159 g/mol. The van der Waals surface area contributed by atoms with Gasteiger partial charge in [0, 0.05) is 13.1 Å². The van der Waals surface area contributed by atoms with Gasteiger partial charge < -0.3 is 0 Å². The lowest BCUT2D eigenvalue weighted by atomic mass is 10.3. The highest BCUT2D eigenvalue weighted by Gasteiger charge is 2.27. The van der Waals surface area contributed by atoms with Crippen LogP contribution in [-0.4, -0.2) is 36.9 Å². The summed E-state index contributed by atoms with van der Waals surface area (Å²) in [7, 11) is -0.876. The lowest BCUT2D eigenvalue weighted by Crippen LogP contribution is -2.03. The van der Waals surface area contributed by atoms with Gasteiger partial charge in [0.05, 0.1) is 0 Å². The summed E-state index contributed by atoms with van der Waals surface area (Å²) in [4.78, 5) is 0. The molecule has 1 atom stereocenters. The van der Waals surface area contributed by atoms with E-state index in [0.29, 0.717) is 0 Å². The van der Waals surface area contributed by atoms with Gasteiger partial charge in [-0.15, -0.1) is 0 Å². The zero-order valence-corrected chi connectivity index (χ0v) is 8.19. The second-order valence-corrected chi connectivity index (χ2v) is 7.48. The molecule has 0 amide bonds. The highest BCUT2D eigenvalue weighted by Crippen LogP contribution is 2.50. The van der Waals surface area contributed by atoms with Crippen LogP contribution in [0.25, 0.3) is 0 Å². The Hall–Kier alpha value is 0.260. The molecule has 1 aliphatic heterocycles. The molecule has 2 heteroatoms. The summed E-state index contributed by atoms with van der Waals surface area (Å²) >= 11 is 0. The Bertz CT molecular complexity index is 159. The van der Waals surface area contributed by atoms with Gasteiger partial charge in [0.25, 0.3) is 0 Å². The van der Waals surface area contributed by atoms with Crippen molar-refractivity contribution in [3.63, 3.8) is 0 Å². The lowest BCUT2D eigenvalue weighted by molar-refractivity contribution is 0.729. The van der Waals surface area contributed by atoms with Crippen LogP contribution in [0, 0.1) is 5.92 Å². The molecule has 0 aliphatic carbocycles. The van der Waals surface area contributed by atoms with Crippen LogP contribution in [0.3, 0.4) is 0 Å². The van der Waals surface area contributed by atoms with Crippen LogP contribution in [-0.2, 0) is 0 Å². The highest BCUT2D eigenvalue weighted by atomic mass is 31.2. The first kappa shape index (κ1) is 8.36. The molecule has 10 heavy (non-hydrogen) atoms. The Morgan fingerprint density at radius 2 is 2.00 bits per heavy atom. The van der Waals surface area contributed by atoms with E-state index in [1.807, 2.05) is 0 Å². The average Bonchev–Trinajstić information content (AvgIpc) is 2.35. The van der Waals surface area contributed by atoms with Gasteiger partial charge >= 0.3 is 0 Å². The van der Waals surface area contributed by atoms with E-state index in [4.69, 9.17) is 0 Å². The molecule has 0 spiro atoms. The normalized spacial score (nSPS) is 24.8. The second kappa shape index (κ2) is 2.71. The first-order chi connectivity index (χ1) is 4.52. The molecule has 0 aromatic carbocycles. The van der Waals surface area contributed by atoms with E-state index in [2.05, 4.69) is 31.5 Å². The van der Waals surface area contributed by atoms with Crippen molar-refractivity contribution in [1.29, 1.82) is 0 Å². The van der Waals surface area contributed by atoms with Gasteiger partial charge in [-0.2, -0.15) is 0 Å². The Labute approximate surface area is 64.4 Å². The van der Waals surface area contributed by atoms with Crippen molar-refractivity contribution in [2.45, 2.75) is 13.8 Å². The zero-order valence-electron chi connectivity index (χ0n) is 7.30. The maximum absolute atomic E-state index is 4.31. The topological polar surface area (TPSA) is 3.01 Å². The Morgan fingerprint density at radius 3 is 2.30 bits per heavy atom. The SMILES string of the molecule is C=P(C)(CC(C)C)N1CC1. The van der Waals surface area contributed by atoms with Crippen molar-refractivity contribution in [1.82, 2.24) is 4.67 Å². The predicted octanol–water partition coefficient (Wildman–Crippen LogP) is 1.95. The minimum Gasteiger partial charge on any atom is -0.281 e. The second-order valence-electron chi connectivity index (χ2n) is 3.87. The molecule has 0 aromatic rings. The van der Waals surface area contributed by atoms with E-state index in [1.165, 1.54) is 19.3 Å². The lowest BCUT2D eigenvalue weighted by Gasteiger charge is -2.22. The van der Waals surface area contributed by atoms with E-state index in [1.54, 1.807) is 0 Å². The van der Waals surface area contributed by atoms with Crippen LogP contribution in [0.5, 0.6) is 0 Å². The summed E-state index contributed by atoms with van der Waals surface area (Å²) in [5.41, 5.74) is 0. The Morgan fingerprint density at radius 1 is 1.50 bits per heavy atom. The van der Waals surface area contributed by atoms with Gasteiger partial charge in [0.2, 0.25) is 0 Å². The van der Waals surface area contributed by atoms with Gasteiger partial charge in [-0.1, -0.05) is 27.2 Å². The number of rotatable bonds is 3. The molecule has 0 radical (unpaired) electrons. The molecule has 60 valence electrons. The first-order valence-electron chi connectivity index (χ1n) is 3.98. The van der Waals surface area contributed by atoms with Crippen molar-refractivity contribution >= 4 is 13.3 Å². The van der Waals surface area contributed by atoms with Gasteiger partial charge in [-0.05, 0) is 18.7 Å². The Kier molecular flexibility index (Phi) is 2.27. The molecule has 0 N–H and O–H groups in total. The van der Waals surface area contributed by atoms with Crippen LogP contribution in [0.15, 0.2) is 0 Å². The summed E-state index contributed by atoms with van der Waals surface area (Å²) in [5.74, 6) is 0.816. The van der Waals surface area contributed by atoms with Gasteiger partial charge in [-0.3, -0.25) is 4.67 Å². The molecular weight excluding hydrogens is 141 g/mol. The molecule has 1 nitrogen and oxygen atoms in total. The fraction of sp³-hybridized carbons (Fsp3) is 0.875. The van der Waals surface area contributed by atoms with Crippen LogP contribution < -0.4 is 0 Å². The van der Waals surface area contributed by atoms with Crippen LogP contribution in [0.2, 0.25) is 0 Å². The summed E-state index contributed by atoms with van der Waals surface area (Å²) < 4.78 is 2.53. The predicted molar refractivity (Wildman–Crippen MR) is 51.2 cm³/mol. The fourth-order valence-electron chi connectivity index (χ4n) is 1.43. The quantitative estimate of drug-likeness (QED) is 0.449. The third-order valence-corrected chi connectivity index (χ3v) is 5.15. The minimum absolute atomic E-state index is 0.816. The molecule has 1 unspecified atom stereocenters. The smallest absolute Gasteiger partial charge is 0.0152 e. The fourth-order valence-corrected chi connectivity index (χ4v) is 4.29. The van der Waals surface area contributed by atoms with E-state index >= 15 is 0 Å². The van der Waals surface area contributed by atoms with E-state index in [-0.39, 0.29) is 0 Å². The molecule has 0 saturated carbocycles. The largest absolute Gasteiger partial charge is 0.281 e. The Balaban J connectivity index is 2.42. The molecule has 1 aliphatic rings. The molecule has 0 aromatic heterocycles. The zero-order chi connectivity index (χ0) is 7.78. The summed E-state index contributed by atoms with van der Waals surface area (Å²) in [6.07, 6.45) is 5.64. The summed E-state index contributed by atoms with van der Waals surface area (Å²) in [6, 6.07) is 0. The van der Waals surface area contributed by atoms with Crippen LogP contribution >= 0.6 is 7.04 Å². The molecule has 1 rings (SSSR count).